The molecule has 1 aliphatic rings. The van der Waals surface area contributed by atoms with Crippen molar-refractivity contribution in [2.75, 3.05) is 20.3 Å². The summed E-state index contributed by atoms with van der Waals surface area (Å²) in [5, 5.41) is 0. The molecule has 1 saturated heterocycles. The van der Waals surface area contributed by atoms with E-state index in [-0.39, 0.29) is 11.3 Å². The molecule has 7 nitrogen and oxygen atoms in total. The van der Waals surface area contributed by atoms with E-state index in [2.05, 4.69) is 25.8 Å². The van der Waals surface area contributed by atoms with Crippen molar-refractivity contribution in [1.82, 2.24) is 4.98 Å². The third-order valence-corrected chi connectivity index (χ3v) is 4.94. The third kappa shape index (κ3) is 4.79. The number of rotatable bonds is 5. The van der Waals surface area contributed by atoms with E-state index in [1.807, 2.05) is 31.2 Å². The molecular weight excluding hydrogens is 374 g/mol. The predicted octanol–water partition coefficient (Wildman–Crippen LogP) is 3.88. The minimum absolute atomic E-state index is 0.0360. The molecule has 1 aliphatic heterocycles. The summed E-state index contributed by atoms with van der Waals surface area (Å²) in [7, 11) is 1.32. The molecule has 0 bridgehead atoms. The third-order valence-electron chi connectivity index (χ3n) is 4.94. The molecule has 2 heterocycles. The van der Waals surface area contributed by atoms with Crippen LogP contribution in [-0.4, -0.2) is 37.1 Å². The van der Waals surface area contributed by atoms with Crippen molar-refractivity contribution in [3.8, 4) is 5.75 Å². The van der Waals surface area contributed by atoms with Crippen LogP contribution < -0.4 is 4.74 Å². The number of hydrogen-bond donors (Lipinski definition) is 0. The van der Waals surface area contributed by atoms with E-state index in [9.17, 15) is 4.79 Å². The first-order valence-electron chi connectivity index (χ1n) is 9.68. The molecule has 7 heteroatoms. The largest absolute Gasteiger partial charge is 0.487 e. The molecule has 1 aromatic heterocycles. The molecule has 1 fully saturated rings. The number of nitrogens with zero attached hydrogens (tertiary/aromatic N) is 1. The van der Waals surface area contributed by atoms with Crippen molar-refractivity contribution in [3.05, 3.63) is 47.2 Å². The van der Waals surface area contributed by atoms with Crippen molar-refractivity contribution >= 4 is 5.97 Å². The first-order chi connectivity index (χ1) is 13.6. The molecule has 158 valence electrons. The second-order valence-corrected chi connectivity index (χ2v) is 8.39. The Hall–Kier alpha value is -2.38. The number of carbonyl (C=O) groups is 1. The lowest BCUT2D eigenvalue weighted by Crippen LogP contribution is -2.47. The number of aryl methyl sites for hydroxylation is 1. The Labute approximate surface area is 171 Å². The van der Waals surface area contributed by atoms with Crippen LogP contribution in [0.25, 0.3) is 0 Å². The summed E-state index contributed by atoms with van der Waals surface area (Å²) in [4.78, 5) is 16.3. The molecule has 3 rings (SSSR count). The molecule has 0 N–H and O–H groups in total. The van der Waals surface area contributed by atoms with Crippen LogP contribution in [0, 0.1) is 6.92 Å². The van der Waals surface area contributed by atoms with Gasteiger partial charge in [-0.2, -0.15) is 0 Å². The van der Waals surface area contributed by atoms with Crippen LogP contribution in [0.2, 0.25) is 0 Å². The van der Waals surface area contributed by atoms with Crippen molar-refractivity contribution < 1.29 is 28.2 Å². The molecule has 0 aliphatic carbocycles. The average molecular weight is 403 g/mol. The molecule has 0 unspecified atom stereocenters. The topological polar surface area (TPSA) is 80.0 Å². The molecule has 0 spiro atoms. The number of hydrogen-bond acceptors (Lipinski definition) is 7. The van der Waals surface area contributed by atoms with Crippen LogP contribution in [-0.2, 0) is 31.0 Å². The maximum atomic E-state index is 11.7. The van der Waals surface area contributed by atoms with E-state index < -0.39 is 11.8 Å². The normalized spacial score (nSPS) is 22.3. The Morgan fingerprint density at radius 3 is 2.34 bits per heavy atom. The van der Waals surface area contributed by atoms with Gasteiger partial charge in [-0.3, -0.25) is 0 Å². The number of aromatic nitrogens is 1. The highest BCUT2D eigenvalue weighted by atomic mass is 16.7. The zero-order valence-electron chi connectivity index (χ0n) is 17.9. The fourth-order valence-electron chi connectivity index (χ4n) is 2.98. The van der Waals surface area contributed by atoms with Gasteiger partial charge in [-0.25, -0.2) is 9.78 Å². The number of ether oxygens (including phenoxy) is 4. The summed E-state index contributed by atoms with van der Waals surface area (Å²) in [5.74, 6) is 0.393. The van der Waals surface area contributed by atoms with Gasteiger partial charge in [0.2, 0.25) is 0 Å². The second kappa shape index (κ2) is 8.16. The smallest absolute Gasteiger partial charge is 0.366 e. The summed E-state index contributed by atoms with van der Waals surface area (Å²) in [6.45, 7) is 10.8. The zero-order chi connectivity index (χ0) is 21.2. The van der Waals surface area contributed by atoms with E-state index in [1.165, 1.54) is 7.11 Å². The van der Waals surface area contributed by atoms with Gasteiger partial charge in [-0.05, 0) is 24.6 Å². The van der Waals surface area contributed by atoms with Crippen LogP contribution in [0.4, 0.5) is 0 Å². The van der Waals surface area contributed by atoms with Crippen molar-refractivity contribution in [2.24, 2.45) is 0 Å². The molecule has 0 atom stereocenters. The Morgan fingerprint density at radius 1 is 1.21 bits per heavy atom. The van der Waals surface area contributed by atoms with Gasteiger partial charge >= 0.3 is 5.97 Å². The van der Waals surface area contributed by atoms with Gasteiger partial charge in [0.15, 0.2) is 5.89 Å². The highest BCUT2D eigenvalue weighted by Crippen LogP contribution is 2.30. The van der Waals surface area contributed by atoms with Crippen LogP contribution in [0.15, 0.2) is 28.7 Å². The number of benzene rings is 1. The Balaban J connectivity index is 1.58. The second-order valence-electron chi connectivity index (χ2n) is 8.39. The summed E-state index contributed by atoms with van der Waals surface area (Å²) in [6, 6.07) is 7.76. The summed E-state index contributed by atoms with van der Waals surface area (Å²) in [5.41, 5.74) is 1.71. The quantitative estimate of drug-likeness (QED) is 0.701. The van der Waals surface area contributed by atoms with Crippen LogP contribution in [0.1, 0.15) is 56.5 Å². The van der Waals surface area contributed by atoms with E-state index in [0.717, 1.165) is 22.8 Å². The predicted molar refractivity (Wildman–Crippen MR) is 106 cm³/mol. The highest BCUT2D eigenvalue weighted by Gasteiger charge is 2.41. The SMILES string of the molecule is COC(=O)[C@]1(C)OC[C@H](c2ccc(OCc3nc(C(C)(C)C)oc3C)cc2)CO1. The molecule has 2 aromatic rings. The van der Waals surface area contributed by atoms with Crippen molar-refractivity contribution in [3.63, 3.8) is 0 Å². The van der Waals surface area contributed by atoms with Gasteiger partial charge in [-0.1, -0.05) is 32.9 Å². The lowest BCUT2D eigenvalue weighted by molar-refractivity contribution is -0.264. The summed E-state index contributed by atoms with van der Waals surface area (Å²) in [6.07, 6.45) is 0. The zero-order valence-corrected chi connectivity index (χ0v) is 17.9. The van der Waals surface area contributed by atoms with Gasteiger partial charge in [-0.15, -0.1) is 0 Å². The lowest BCUT2D eigenvalue weighted by atomic mass is 9.97. The fourth-order valence-corrected chi connectivity index (χ4v) is 2.98. The Morgan fingerprint density at radius 2 is 1.83 bits per heavy atom. The van der Waals surface area contributed by atoms with Gasteiger partial charge in [0.25, 0.3) is 5.79 Å². The molecule has 29 heavy (non-hydrogen) atoms. The Kier molecular flexibility index (Phi) is 6.00. The molecule has 0 radical (unpaired) electrons. The van der Waals surface area contributed by atoms with Gasteiger partial charge in [0.05, 0.1) is 20.3 Å². The fraction of sp³-hybridized carbons (Fsp3) is 0.545. The van der Waals surface area contributed by atoms with Crippen LogP contribution >= 0.6 is 0 Å². The Bertz CT molecular complexity index is 841. The maximum Gasteiger partial charge on any atom is 0.366 e. The van der Waals surface area contributed by atoms with Gasteiger partial charge in [0.1, 0.15) is 23.8 Å². The van der Waals surface area contributed by atoms with Crippen molar-refractivity contribution in [2.45, 2.75) is 58.3 Å². The maximum absolute atomic E-state index is 11.7. The highest BCUT2D eigenvalue weighted by molar-refractivity contribution is 5.77. The summed E-state index contributed by atoms with van der Waals surface area (Å²) >= 11 is 0. The van der Waals surface area contributed by atoms with Gasteiger partial charge < -0.3 is 23.4 Å². The summed E-state index contributed by atoms with van der Waals surface area (Å²) < 4.78 is 27.6. The van der Waals surface area contributed by atoms with E-state index >= 15 is 0 Å². The molecule has 0 saturated carbocycles. The standard InChI is InChI=1S/C22H29NO6/c1-14-18(23-19(29-14)21(2,3)4)13-26-17-9-7-15(8-10-17)16-11-27-22(5,28-12-16)20(24)25-6/h7-10,16H,11-13H2,1-6H3/t16-,22+. The first kappa shape index (κ1) is 21.3. The molecular formula is C22H29NO6. The molecule has 1 aromatic carbocycles. The number of oxazole rings is 1. The van der Waals surface area contributed by atoms with E-state index in [1.54, 1.807) is 6.92 Å². The number of methoxy groups -OCH3 is 1. The van der Waals surface area contributed by atoms with Crippen LogP contribution in [0.3, 0.4) is 0 Å². The molecule has 0 amide bonds. The van der Waals surface area contributed by atoms with Crippen LogP contribution in [0.5, 0.6) is 5.75 Å². The number of esters is 1. The first-order valence-corrected chi connectivity index (χ1v) is 9.68. The number of carbonyl (C=O) groups excluding carboxylic acids is 1. The minimum atomic E-state index is -1.34. The minimum Gasteiger partial charge on any atom is -0.487 e. The monoisotopic (exact) mass is 403 g/mol. The van der Waals surface area contributed by atoms with Crippen molar-refractivity contribution in [1.29, 1.82) is 0 Å². The van der Waals surface area contributed by atoms with E-state index in [4.69, 9.17) is 23.4 Å². The van der Waals surface area contributed by atoms with Gasteiger partial charge in [0, 0.05) is 18.3 Å². The lowest BCUT2D eigenvalue weighted by Gasteiger charge is -2.35. The average Bonchev–Trinajstić information content (AvgIpc) is 3.08. The van der Waals surface area contributed by atoms with E-state index in [0.29, 0.717) is 25.7 Å².